The van der Waals surface area contributed by atoms with Crippen LogP contribution in [0.25, 0.3) is 0 Å². The largest absolute Gasteiger partial charge is 0.480 e. The number of aliphatic carboxylic acids is 1. The number of carbonyl (C=O) groups is 1. The summed E-state index contributed by atoms with van der Waals surface area (Å²) in [5.74, 6) is -1.69. The molecule has 0 radical (unpaired) electrons. The third-order valence-electron chi connectivity index (χ3n) is 3.21. The molecule has 4 nitrogen and oxygen atoms in total. The standard InChI is InChI=1S/C15H17F6NO3/c1-9(2)22(8-12(23)24)7-10-3-5-11(6-4-10)25-15(20,21)13(16)14(17,18)19/h3-6,9,13H,7-8H2,1-2H3,(H,23,24). The molecule has 0 fully saturated rings. The predicted molar refractivity (Wildman–Crippen MR) is 76.1 cm³/mol. The molecule has 0 bridgehead atoms. The van der Waals surface area contributed by atoms with Crippen molar-refractivity contribution in [2.24, 2.45) is 0 Å². The summed E-state index contributed by atoms with van der Waals surface area (Å²) in [7, 11) is 0. The van der Waals surface area contributed by atoms with Crippen LogP contribution >= 0.6 is 0 Å². The third kappa shape index (κ3) is 6.45. The number of nitrogens with zero attached hydrogens (tertiary/aromatic N) is 1. The number of carboxylic acids is 1. The summed E-state index contributed by atoms with van der Waals surface area (Å²) < 4.78 is 79.1. The van der Waals surface area contributed by atoms with E-state index in [1.54, 1.807) is 18.7 Å². The number of alkyl halides is 6. The van der Waals surface area contributed by atoms with Crippen molar-refractivity contribution in [2.75, 3.05) is 6.54 Å². The van der Waals surface area contributed by atoms with E-state index in [0.29, 0.717) is 5.56 Å². The third-order valence-corrected chi connectivity index (χ3v) is 3.21. The van der Waals surface area contributed by atoms with E-state index in [0.717, 1.165) is 12.1 Å². The minimum absolute atomic E-state index is 0.115. The minimum Gasteiger partial charge on any atom is -0.480 e. The number of halogens is 6. The zero-order valence-electron chi connectivity index (χ0n) is 13.4. The molecule has 142 valence electrons. The quantitative estimate of drug-likeness (QED) is 0.704. The number of hydrogen-bond acceptors (Lipinski definition) is 3. The summed E-state index contributed by atoms with van der Waals surface area (Å²) >= 11 is 0. The van der Waals surface area contributed by atoms with Gasteiger partial charge in [0.1, 0.15) is 5.75 Å². The van der Waals surface area contributed by atoms with Gasteiger partial charge in [-0.1, -0.05) is 12.1 Å². The molecule has 25 heavy (non-hydrogen) atoms. The van der Waals surface area contributed by atoms with Crippen LogP contribution in [0.2, 0.25) is 0 Å². The summed E-state index contributed by atoms with van der Waals surface area (Å²) in [6.07, 6.45) is -15.3. The van der Waals surface area contributed by atoms with Crippen LogP contribution < -0.4 is 4.74 Å². The number of carboxylic acid groups (broad SMARTS) is 1. The molecule has 0 spiro atoms. The van der Waals surface area contributed by atoms with Crippen molar-refractivity contribution in [1.82, 2.24) is 4.90 Å². The Balaban J connectivity index is 2.80. The smallest absolute Gasteiger partial charge is 0.439 e. The van der Waals surface area contributed by atoms with Crippen molar-refractivity contribution < 1.29 is 41.0 Å². The molecular formula is C15H17F6NO3. The van der Waals surface area contributed by atoms with Gasteiger partial charge in [-0.05, 0) is 31.5 Å². The molecule has 0 heterocycles. The van der Waals surface area contributed by atoms with Crippen LogP contribution in [0.5, 0.6) is 5.75 Å². The lowest BCUT2D eigenvalue weighted by Crippen LogP contribution is -2.45. The van der Waals surface area contributed by atoms with Crippen molar-refractivity contribution >= 4 is 5.97 Å². The highest BCUT2D eigenvalue weighted by atomic mass is 19.4. The number of hydrogen-bond donors (Lipinski definition) is 1. The molecule has 0 aliphatic heterocycles. The van der Waals surface area contributed by atoms with Gasteiger partial charge in [-0.3, -0.25) is 9.69 Å². The summed E-state index contributed by atoms with van der Waals surface area (Å²) in [5, 5.41) is 8.83. The number of rotatable bonds is 8. The van der Waals surface area contributed by atoms with Gasteiger partial charge in [0.15, 0.2) is 0 Å². The second-order valence-electron chi connectivity index (χ2n) is 5.60. The van der Waals surface area contributed by atoms with E-state index in [-0.39, 0.29) is 19.1 Å². The van der Waals surface area contributed by atoms with Gasteiger partial charge in [0.25, 0.3) is 6.17 Å². The van der Waals surface area contributed by atoms with Crippen LogP contribution in [0.4, 0.5) is 26.3 Å². The lowest BCUT2D eigenvalue weighted by molar-refractivity contribution is -0.304. The second kappa shape index (κ2) is 7.94. The Kier molecular flexibility index (Phi) is 6.69. The maximum Gasteiger partial charge on any atom is 0.439 e. The summed E-state index contributed by atoms with van der Waals surface area (Å²) in [6.45, 7) is 3.46. The Bertz CT molecular complexity index is 574. The van der Waals surface area contributed by atoms with Gasteiger partial charge in [-0.25, -0.2) is 4.39 Å². The van der Waals surface area contributed by atoms with E-state index in [1.807, 2.05) is 0 Å². The lowest BCUT2D eigenvalue weighted by Gasteiger charge is -2.25. The molecule has 0 aliphatic carbocycles. The number of benzene rings is 1. The average molecular weight is 373 g/mol. The maximum absolute atomic E-state index is 13.2. The van der Waals surface area contributed by atoms with Crippen molar-refractivity contribution in [3.05, 3.63) is 29.8 Å². The van der Waals surface area contributed by atoms with Gasteiger partial charge in [0.05, 0.1) is 6.54 Å². The molecule has 0 amide bonds. The Hall–Kier alpha value is -1.97. The van der Waals surface area contributed by atoms with Gasteiger partial charge in [-0.2, -0.15) is 22.0 Å². The highest BCUT2D eigenvalue weighted by Gasteiger charge is 2.59. The molecular weight excluding hydrogens is 356 g/mol. The first-order valence-corrected chi connectivity index (χ1v) is 7.15. The Morgan fingerprint density at radius 2 is 1.68 bits per heavy atom. The first-order chi connectivity index (χ1) is 11.3. The normalized spacial score (nSPS) is 14.0. The van der Waals surface area contributed by atoms with Crippen molar-refractivity contribution in [3.8, 4) is 5.75 Å². The Labute approximate surface area is 140 Å². The molecule has 0 aliphatic rings. The fourth-order valence-corrected chi connectivity index (χ4v) is 1.89. The fourth-order valence-electron chi connectivity index (χ4n) is 1.89. The molecule has 1 N–H and O–H groups in total. The van der Waals surface area contributed by atoms with Crippen molar-refractivity contribution in [1.29, 1.82) is 0 Å². The molecule has 1 unspecified atom stereocenters. The number of ether oxygens (including phenoxy) is 1. The second-order valence-corrected chi connectivity index (χ2v) is 5.60. The molecule has 1 aromatic rings. The van der Waals surface area contributed by atoms with Gasteiger partial charge in [-0.15, -0.1) is 0 Å². The molecule has 10 heteroatoms. The highest BCUT2D eigenvalue weighted by Crippen LogP contribution is 2.36. The maximum atomic E-state index is 13.2. The topological polar surface area (TPSA) is 49.8 Å². The molecule has 1 atom stereocenters. The van der Waals surface area contributed by atoms with Gasteiger partial charge < -0.3 is 9.84 Å². The zero-order chi connectivity index (χ0) is 19.4. The van der Waals surface area contributed by atoms with Gasteiger partial charge in [0.2, 0.25) is 0 Å². The monoisotopic (exact) mass is 373 g/mol. The van der Waals surface area contributed by atoms with E-state index in [1.165, 1.54) is 12.1 Å². The first kappa shape index (κ1) is 21.1. The average Bonchev–Trinajstić information content (AvgIpc) is 2.46. The molecule has 0 saturated carbocycles. The van der Waals surface area contributed by atoms with E-state index in [2.05, 4.69) is 4.74 Å². The summed E-state index contributed by atoms with van der Waals surface area (Å²) in [5.41, 5.74) is 0.526. The fraction of sp³-hybridized carbons (Fsp3) is 0.533. The van der Waals surface area contributed by atoms with Crippen LogP contribution in [0.1, 0.15) is 19.4 Å². The van der Waals surface area contributed by atoms with Gasteiger partial charge in [0, 0.05) is 12.6 Å². The SMILES string of the molecule is CC(C)N(CC(=O)O)Cc1ccc(OC(F)(F)C(F)C(F)(F)F)cc1. The van der Waals surface area contributed by atoms with E-state index in [9.17, 15) is 31.1 Å². The first-order valence-electron chi connectivity index (χ1n) is 7.15. The molecule has 0 aromatic heterocycles. The zero-order valence-corrected chi connectivity index (χ0v) is 13.4. The van der Waals surface area contributed by atoms with Crippen LogP contribution in [0, 0.1) is 0 Å². The predicted octanol–water partition coefficient (Wildman–Crippen LogP) is 3.85. The summed E-state index contributed by atoms with van der Waals surface area (Å²) in [4.78, 5) is 12.4. The Morgan fingerprint density at radius 3 is 2.08 bits per heavy atom. The van der Waals surface area contributed by atoms with Crippen molar-refractivity contribution in [2.45, 2.75) is 44.9 Å². The summed E-state index contributed by atoms with van der Waals surface area (Å²) in [6, 6.07) is 4.37. The molecule has 0 saturated heterocycles. The molecule has 1 rings (SSSR count). The van der Waals surface area contributed by atoms with E-state index in [4.69, 9.17) is 5.11 Å². The minimum atomic E-state index is -5.75. The van der Waals surface area contributed by atoms with Crippen LogP contribution in [0.3, 0.4) is 0 Å². The molecule has 1 aromatic carbocycles. The van der Waals surface area contributed by atoms with E-state index >= 15 is 0 Å². The van der Waals surface area contributed by atoms with Crippen LogP contribution in [0.15, 0.2) is 24.3 Å². The van der Waals surface area contributed by atoms with Crippen molar-refractivity contribution in [3.63, 3.8) is 0 Å². The van der Waals surface area contributed by atoms with Crippen LogP contribution in [-0.2, 0) is 11.3 Å². The van der Waals surface area contributed by atoms with Crippen LogP contribution in [-0.4, -0.2) is 47.0 Å². The highest BCUT2D eigenvalue weighted by molar-refractivity contribution is 5.69. The van der Waals surface area contributed by atoms with Gasteiger partial charge >= 0.3 is 18.3 Å². The lowest BCUT2D eigenvalue weighted by atomic mass is 10.2. The Morgan fingerprint density at radius 1 is 1.16 bits per heavy atom. The van der Waals surface area contributed by atoms with E-state index < -0.39 is 30.2 Å².